The van der Waals surface area contributed by atoms with Crippen LogP contribution in [0.3, 0.4) is 0 Å². The summed E-state index contributed by atoms with van der Waals surface area (Å²) < 4.78 is 6.06. The van der Waals surface area contributed by atoms with Crippen LogP contribution in [-0.4, -0.2) is 23.9 Å². The number of aliphatic hydroxyl groups is 1. The highest BCUT2D eigenvalue weighted by atomic mass is 16.5. The van der Waals surface area contributed by atoms with Gasteiger partial charge in [-0.2, -0.15) is 0 Å². The molecule has 3 heteroatoms. The molecule has 2 atom stereocenters. The monoisotopic (exact) mass is 277 g/mol. The number of hydrogen-bond acceptors (Lipinski definition) is 3. The average molecular weight is 277 g/mol. The van der Waals surface area contributed by atoms with Gasteiger partial charge < -0.3 is 15.6 Å². The average Bonchev–Trinajstić information content (AvgIpc) is 2.51. The molecule has 3 nitrogen and oxygen atoms in total. The summed E-state index contributed by atoms with van der Waals surface area (Å²) in [4.78, 5) is 0. The van der Waals surface area contributed by atoms with Crippen LogP contribution in [0, 0.1) is 0 Å². The first-order valence-electron chi connectivity index (χ1n) is 7.77. The summed E-state index contributed by atoms with van der Waals surface area (Å²) in [5, 5.41) is 9.30. The Kier molecular flexibility index (Phi) is 5.58. The summed E-state index contributed by atoms with van der Waals surface area (Å²) in [5.41, 5.74) is 8.44. The number of aryl methyl sites for hydroxylation is 1. The molecule has 0 aliphatic heterocycles. The van der Waals surface area contributed by atoms with Gasteiger partial charge in [0.05, 0.1) is 12.7 Å². The second-order valence-electron chi connectivity index (χ2n) is 5.93. The van der Waals surface area contributed by atoms with E-state index in [1.807, 2.05) is 6.92 Å². The molecule has 2 rings (SSSR count). The zero-order chi connectivity index (χ0) is 14.4. The minimum absolute atomic E-state index is 0.0514. The molecule has 20 heavy (non-hydrogen) atoms. The minimum Gasteiger partial charge on any atom is -0.394 e. The van der Waals surface area contributed by atoms with E-state index in [1.165, 1.54) is 24.0 Å². The molecular weight excluding hydrogens is 250 g/mol. The summed E-state index contributed by atoms with van der Waals surface area (Å²) in [7, 11) is 0. The van der Waals surface area contributed by atoms with Crippen LogP contribution in [0.15, 0.2) is 24.3 Å². The van der Waals surface area contributed by atoms with E-state index in [1.54, 1.807) is 0 Å². The lowest BCUT2D eigenvalue weighted by atomic mass is 9.89. The Bertz CT molecular complexity index is 415. The van der Waals surface area contributed by atoms with Gasteiger partial charge in [-0.05, 0) is 49.7 Å². The Labute approximate surface area is 122 Å². The van der Waals surface area contributed by atoms with Crippen molar-refractivity contribution >= 4 is 0 Å². The number of aliphatic hydroxyl groups excluding tert-OH is 1. The van der Waals surface area contributed by atoms with Gasteiger partial charge >= 0.3 is 0 Å². The van der Waals surface area contributed by atoms with Crippen LogP contribution < -0.4 is 5.73 Å². The van der Waals surface area contributed by atoms with Crippen LogP contribution in [0.25, 0.3) is 0 Å². The zero-order valence-corrected chi connectivity index (χ0v) is 12.5. The minimum atomic E-state index is -0.437. The van der Waals surface area contributed by atoms with E-state index in [4.69, 9.17) is 10.5 Å². The van der Waals surface area contributed by atoms with E-state index < -0.39 is 5.54 Å². The maximum Gasteiger partial charge on any atom is 0.0827 e. The first-order valence-corrected chi connectivity index (χ1v) is 7.77. The molecule has 1 aliphatic rings. The van der Waals surface area contributed by atoms with E-state index in [9.17, 15) is 5.11 Å². The van der Waals surface area contributed by atoms with Gasteiger partial charge in [0.15, 0.2) is 0 Å². The molecule has 112 valence electrons. The normalized spacial score (nSPS) is 21.2. The van der Waals surface area contributed by atoms with Crippen molar-refractivity contribution in [3.05, 3.63) is 35.4 Å². The van der Waals surface area contributed by atoms with Gasteiger partial charge in [0.2, 0.25) is 0 Å². The Morgan fingerprint density at radius 1 is 1.40 bits per heavy atom. The third kappa shape index (κ3) is 3.81. The van der Waals surface area contributed by atoms with E-state index in [0.717, 1.165) is 32.3 Å². The van der Waals surface area contributed by atoms with Crippen molar-refractivity contribution in [2.24, 2.45) is 5.73 Å². The molecule has 0 heterocycles. The largest absolute Gasteiger partial charge is 0.394 e. The van der Waals surface area contributed by atoms with Gasteiger partial charge in [-0.15, -0.1) is 0 Å². The lowest BCUT2D eigenvalue weighted by Crippen LogP contribution is -2.43. The molecule has 1 aromatic carbocycles. The standard InChI is InChI=1S/C17H27NO2/c1-2-17(18,13-19)11-6-12-20-16-10-5-8-14-7-3-4-9-15(14)16/h3-4,7,9,16,19H,2,5-6,8,10-13,18H2,1H3. The van der Waals surface area contributed by atoms with Gasteiger partial charge in [0.25, 0.3) is 0 Å². The molecule has 0 spiro atoms. The SMILES string of the molecule is CCC(N)(CO)CCCOC1CCCc2ccccc21. The van der Waals surface area contributed by atoms with Crippen LogP contribution in [0.4, 0.5) is 0 Å². The Morgan fingerprint density at radius 2 is 2.20 bits per heavy atom. The molecule has 0 saturated heterocycles. The first kappa shape index (κ1) is 15.5. The van der Waals surface area contributed by atoms with E-state index in [-0.39, 0.29) is 12.7 Å². The summed E-state index contributed by atoms with van der Waals surface area (Å²) in [5.74, 6) is 0. The van der Waals surface area contributed by atoms with Crippen LogP contribution >= 0.6 is 0 Å². The van der Waals surface area contributed by atoms with Crippen molar-refractivity contribution in [3.63, 3.8) is 0 Å². The first-order chi connectivity index (χ1) is 9.68. The number of nitrogens with two attached hydrogens (primary N) is 1. The van der Waals surface area contributed by atoms with Crippen molar-refractivity contribution in [1.82, 2.24) is 0 Å². The van der Waals surface area contributed by atoms with Gasteiger partial charge in [0, 0.05) is 12.1 Å². The van der Waals surface area contributed by atoms with Crippen molar-refractivity contribution < 1.29 is 9.84 Å². The zero-order valence-electron chi connectivity index (χ0n) is 12.5. The number of ether oxygens (including phenoxy) is 1. The summed E-state index contributed by atoms with van der Waals surface area (Å²) >= 11 is 0. The Hall–Kier alpha value is -0.900. The molecule has 0 bridgehead atoms. The molecule has 3 N–H and O–H groups in total. The number of hydrogen-bond donors (Lipinski definition) is 2. The highest BCUT2D eigenvalue weighted by Crippen LogP contribution is 2.32. The lowest BCUT2D eigenvalue weighted by molar-refractivity contribution is 0.0338. The van der Waals surface area contributed by atoms with Crippen molar-refractivity contribution in [2.45, 2.75) is 57.1 Å². The summed E-state index contributed by atoms with van der Waals surface area (Å²) in [6, 6.07) is 8.59. The highest BCUT2D eigenvalue weighted by molar-refractivity contribution is 5.31. The van der Waals surface area contributed by atoms with Crippen molar-refractivity contribution in [3.8, 4) is 0 Å². The maximum absolute atomic E-state index is 9.30. The predicted molar refractivity (Wildman–Crippen MR) is 81.6 cm³/mol. The van der Waals surface area contributed by atoms with Crippen LogP contribution in [0.1, 0.15) is 56.3 Å². The number of fused-ring (bicyclic) bond motifs is 1. The van der Waals surface area contributed by atoms with Crippen LogP contribution in [-0.2, 0) is 11.2 Å². The molecule has 1 aliphatic carbocycles. The quantitative estimate of drug-likeness (QED) is 0.753. The second kappa shape index (κ2) is 7.21. The van der Waals surface area contributed by atoms with Crippen LogP contribution in [0.2, 0.25) is 0 Å². The summed E-state index contributed by atoms with van der Waals surface area (Å²) in [6.07, 6.45) is 6.24. The fraction of sp³-hybridized carbons (Fsp3) is 0.647. The van der Waals surface area contributed by atoms with E-state index >= 15 is 0 Å². The number of benzene rings is 1. The molecule has 0 aromatic heterocycles. The molecule has 0 radical (unpaired) electrons. The predicted octanol–water partition coefficient (Wildman–Crippen LogP) is 2.96. The molecule has 2 unspecified atom stereocenters. The molecule has 1 aromatic rings. The fourth-order valence-corrected chi connectivity index (χ4v) is 2.90. The van der Waals surface area contributed by atoms with E-state index in [0.29, 0.717) is 0 Å². The van der Waals surface area contributed by atoms with Crippen molar-refractivity contribution in [2.75, 3.05) is 13.2 Å². The van der Waals surface area contributed by atoms with Gasteiger partial charge in [-0.3, -0.25) is 0 Å². The number of rotatable bonds is 7. The smallest absolute Gasteiger partial charge is 0.0827 e. The lowest BCUT2D eigenvalue weighted by Gasteiger charge is -2.28. The van der Waals surface area contributed by atoms with E-state index in [2.05, 4.69) is 24.3 Å². The van der Waals surface area contributed by atoms with Crippen LogP contribution in [0.5, 0.6) is 0 Å². The maximum atomic E-state index is 9.30. The third-order valence-electron chi connectivity index (χ3n) is 4.47. The van der Waals surface area contributed by atoms with Gasteiger partial charge in [-0.1, -0.05) is 31.2 Å². The highest BCUT2D eigenvalue weighted by Gasteiger charge is 2.22. The Balaban J connectivity index is 1.81. The third-order valence-corrected chi connectivity index (χ3v) is 4.47. The summed E-state index contributed by atoms with van der Waals surface area (Å²) in [6.45, 7) is 2.79. The van der Waals surface area contributed by atoms with Crippen molar-refractivity contribution in [1.29, 1.82) is 0 Å². The molecule has 0 fully saturated rings. The van der Waals surface area contributed by atoms with Gasteiger partial charge in [-0.25, -0.2) is 0 Å². The molecular formula is C17H27NO2. The topological polar surface area (TPSA) is 55.5 Å². The Morgan fingerprint density at radius 3 is 2.95 bits per heavy atom. The van der Waals surface area contributed by atoms with Gasteiger partial charge in [0.1, 0.15) is 0 Å². The molecule has 0 saturated carbocycles. The second-order valence-corrected chi connectivity index (χ2v) is 5.93. The molecule has 0 amide bonds. The fourth-order valence-electron chi connectivity index (χ4n) is 2.90.